The van der Waals surface area contributed by atoms with Gasteiger partial charge in [0, 0.05) is 5.92 Å². The van der Waals surface area contributed by atoms with Crippen LogP contribution in [0.5, 0.6) is 0 Å². The van der Waals surface area contributed by atoms with E-state index in [2.05, 4.69) is 4.74 Å². The largest absolute Gasteiger partial charge is 0.466 e. The van der Waals surface area contributed by atoms with Gasteiger partial charge in [0.05, 0.1) is 13.0 Å². The SMILES string of the molecule is CCOC(=O)C[C@@H](C)C=O. The van der Waals surface area contributed by atoms with Gasteiger partial charge in [0.15, 0.2) is 0 Å². The summed E-state index contributed by atoms with van der Waals surface area (Å²) in [6, 6.07) is 0. The van der Waals surface area contributed by atoms with E-state index in [1.165, 1.54) is 0 Å². The molecule has 0 aliphatic carbocycles. The van der Waals surface area contributed by atoms with Crippen LogP contribution in [0.2, 0.25) is 0 Å². The molecule has 0 bridgehead atoms. The molecule has 0 aromatic carbocycles. The van der Waals surface area contributed by atoms with Crippen molar-refractivity contribution in [3.05, 3.63) is 0 Å². The van der Waals surface area contributed by atoms with Crippen LogP contribution in [-0.2, 0) is 14.3 Å². The van der Waals surface area contributed by atoms with Crippen molar-refractivity contribution in [2.24, 2.45) is 5.92 Å². The van der Waals surface area contributed by atoms with Crippen molar-refractivity contribution in [1.29, 1.82) is 0 Å². The molecule has 0 saturated carbocycles. The van der Waals surface area contributed by atoms with Crippen LogP contribution in [0.25, 0.3) is 0 Å². The maximum Gasteiger partial charge on any atom is 0.306 e. The molecule has 0 aliphatic heterocycles. The van der Waals surface area contributed by atoms with Crippen LogP contribution in [0.3, 0.4) is 0 Å². The van der Waals surface area contributed by atoms with Gasteiger partial charge in [0.25, 0.3) is 0 Å². The minimum atomic E-state index is -0.304. The van der Waals surface area contributed by atoms with Crippen LogP contribution in [0.1, 0.15) is 20.3 Å². The third-order valence-electron chi connectivity index (χ3n) is 1.03. The van der Waals surface area contributed by atoms with E-state index < -0.39 is 0 Å². The van der Waals surface area contributed by atoms with Crippen LogP contribution in [-0.4, -0.2) is 18.9 Å². The second-order valence-electron chi connectivity index (χ2n) is 2.12. The molecule has 10 heavy (non-hydrogen) atoms. The minimum Gasteiger partial charge on any atom is -0.466 e. The van der Waals surface area contributed by atoms with E-state index in [-0.39, 0.29) is 18.3 Å². The lowest BCUT2D eigenvalue weighted by molar-refractivity contribution is -0.144. The molecule has 0 rings (SSSR count). The number of carbonyl (C=O) groups excluding carboxylic acids is 2. The Morgan fingerprint density at radius 1 is 1.70 bits per heavy atom. The monoisotopic (exact) mass is 144 g/mol. The Morgan fingerprint density at radius 3 is 2.70 bits per heavy atom. The summed E-state index contributed by atoms with van der Waals surface area (Å²) in [5.74, 6) is -0.527. The number of ether oxygens (including phenoxy) is 1. The number of hydrogen-bond acceptors (Lipinski definition) is 3. The van der Waals surface area contributed by atoms with Gasteiger partial charge < -0.3 is 9.53 Å². The van der Waals surface area contributed by atoms with Crippen molar-refractivity contribution in [2.75, 3.05) is 6.61 Å². The molecular weight excluding hydrogens is 132 g/mol. The zero-order valence-electron chi connectivity index (χ0n) is 6.29. The maximum absolute atomic E-state index is 10.6. The van der Waals surface area contributed by atoms with Crippen molar-refractivity contribution in [3.8, 4) is 0 Å². The van der Waals surface area contributed by atoms with E-state index in [1.54, 1.807) is 13.8 Å². The average molecular weight is 144 g/mol. The van der Waals surface area contributed by atoms with Gasteiger partial charge in [-0.25, -0.2) is 0 Å². The number of aldehydes is 1. The van der Waals surface area contributed by atoms with Gasteiger partial charge >= 0.3 is 5.97 Å². The normalized spacial score (nSPS) is 12.2. The van der Waals surface area contributed by atoms with Crippen LogP contribution in [0, 0.1) is 5.92 Å². The number of rotatable bonds is 4. The predicted molar refractivity (Wildman–Crippen MR) is 36.5 cm³/mol. The zero-order chi connectivity index (χ0) is 7.98. The number of hydrogen-bond donors (Lipinski definition) is 0. The molecule has 0 unspecified atom stereocenters. The smallest absolute Gasteiger partial charge is 0.306 e. The van der Waals surface area contributed by atoms with E-state index in [0.717, 1.165) is 6.29 Å². The summed E-state index contributed by atoms with van der Waals surface area (Å²) in [6.45, 7) is 3.80. The first-order valence-electron chi connectivity index (χ1n) is 3.31. The first-order valence-corrected chi connectivity index (χ1v) is 3.31. The molecule has 0 radical (unpaired) electrons. The molecule has 0 aromatic heterocycles. The van der Waals surface area contributed by atoms with Crippen molar-refractivity contribution in [1.82, 2.24) is 0 Å². The minimum absolute atomic E-state index is 0.192. The topological polar surface area (TPSA) is 43.4 Å². The van der Waals surface area contributed by atoms with Crippen LogP contribution < -0.4 is 0 Å². The van der Waals surface area contributed by atoms with E-state index in [4.69, 9.17) is 0 Å². The summed E-state index contributed by atoms with van der Waals surface area (Å²) >= 11 is 0. The molecule has 0 fully saturated rings. The van der Waals surface area contributed by atoms with Gasteiger partial charge in [0.2, 0.25) is 0 Å². The number of esters is 1. The quantitative estimate of drug-likeness (QED) is 0.432. The highest BCUT2D eigenvalue weighted by Crippen LogP contribution is 1.98. The maximum atomic E-state index is 10.6. The fourth-order valence-electron chi connectivity index (χ4n) is 0.531. The molecule has 3 nitrogen and oxygen atoms in total. The van der Waals surface area contributed by atoms with Gasteiger partial charge in [-0.1, -0.05) is 6.92 Å². The summed E-state index contributed by atoms with van der Waals surface area (Å²) in [7, 11) is 0. The molecule has 0 N–H and O–H groups in total. The van der Waals surface area contributed by atoms with Crippen LogP contribution in [0.4, 0.5) is 0 Å². The molecule has 0 saturated heterocycles. The average Bonchev–Trinajstić information content (AvgIpc) is 1.88. The molecule has 0 heterocycles. The van der Waals surface area contributed by atoms with Gasteiger partial charge in [-0.15, -0.1) is 0 Å². The van der Waals surface area contributed by atoms with Gasteiger partial charge in [0.1, 0.15) is 6.29 Å². The lowest BCUT2D eigenvalue weighted by atomic mass is 10.1. The fourth-order valence-corrected chi connectivity index (χ4v) is 0.531. The van der Waals surface area contributed by atoms with E-state index >= 15 is 0 Å². The highest BCUT2D eigenvalue weighted by Gasteiger charge is 2.07. The summed E-state index contributed by atoms with van der Waals surface area (Å²) in [4.78, 5) is 20.7. The van der Waals surface area contributed by atoms with Crippen molar-refractivity contribution in [2.45, 2.75) is 20.3 Å². The third-order valence-corrected chi connectivity index (χ3v) is 1.03. The lowest BCUT2D eigenvalue weighted by Gasteiger charge is -2.01. The third kappa shape index (κ3) is 4.06. The molecule has 58 valence electrons. The highest BCUT2D eigenvalue weighted by atomic mass is 16.5. The van der Waals surface area contributed by atoms with Gasteiger partial charge in [-0.3, -0.25) is 4.79 Å². The second-order valence-corrected chi connectivity index (χ2v) is 2.12. The molecule has 3 heteroatoms. The Kier molecular flexibility index (Phi) is 4.54. The first-order chi connectivity index (χ1) is 4.70. The summed E-state index contributed by atoms with van der Waals surface area (Å²) in [5, 5.41) is 0. The lowest BCUT2D eigenvalue weighted by Crippen LogP contribution is -2.09. The van der Waals surface area contributed by atoms with E-state index in [0.29, 0.717) is 6.61 Å². The summed E-state index contributed by atoms with van der Waals surface area (Å²) in [6.07, 6.45) is 0.939. The van der Waals surface area contributed by atoms with Crippen molar-refractivity contribution >= 4 is 12.3 Å². The molecule has 0 spiro atoms. The molecule has 0 aromatic rings. The Morgan fingerprint density at radius 2 is 2.30 bits per heavy atom. The predicted octanol–water partition coefficient (Wildman–Crippen LogP) is 0.775. The van der Waals surface area contributed by atoms with Crippen molar-refractivity contribution in [3.63, 3.8) is 0 Å². The Balaban J connectivity index is 3.46. The first kappa shape index (κ1) is 9.14. The second kappa shape index (κ2) is 4.97. The zero-order valence-corrected chi connectivity index (χ0v) is 6.29. The van der Waals surface area contributed by atoms with Crippen molar-refractivity contribution < 1.29 is 14.3 Å². The highest BCUT2D eigenvalue weighted by molar-refractivity contribution is 5.73. The molecule has 0 amide bonds. The fraction of sp³-hybridized carbons (Fsp3) is 0.714. The Bertz CT molecular complexity index is 120. The summed E-state index contributed by atoms with van der Waals surface area (Å²) < 4.78 is 4.62. The Labute approximate surface area is 60.4 Å². The summed E-state index contributed by atoms with van der Waals surface area (Å²) in [5.41, 5.74) is 0. The number of carbonyl (C=O) groups is 2. The molecular formula is C7H12O3. The van der Waals surface area contributed by atoms with Gasteiger partial charge in [-0.2, -0.15) is 0 Å². The van der Waals surface area contributed by atoms with Crippen LogP contribution >= 0.6 is 0 Å². The standard InChI is InChI=1S/C7H12O3/c1-3-10-7(9)4-6(2)5-8/h5-6H,3-4H2,1-2H3/t6-/m1/s1. The Hall–Kier alpha value is -0.860. The van der Waals surface area contributed by atoms with E-state index in [1.807, 2.05) is 0 Å². The van der Waals surface area contributed by atoms with Gasteiger partial charge in [-0.05, 0) is 6.92 Å². The molecule has 0 aliphatic rings. The molecule has 1 atom stereocenters. The van der Waals surface area contributed by atoms with E-state index in [9.17, 15) is 9.59 Å². The van der Waals surface area contributed by atoms with Crippen LogP contribution in [0.15, 0.2) is 0 Å².